The smallest absolute Gasteiger partial charge is 0.326 e. The largest absolute Gasteiger partial charge is 0.480 e. The number of aryl methyl sites for hydroxylation is 3. The van der Waals surface area contributed by atoms with Gasteiger partial charge in [0.05, 0.1) is 11.6 Å². The Bertz CT molecular complexity index is 1190. The molecule has 1 aliphatic carbocycles. The molecule has 0 amide bonds. The van der Waals surface area contributed by atoms with Crippen molar-refractivity contribution in [3.63, 3.8) is 0 Å². The molecule has 3 N–H and O–H groups in total. The van der Waals surface area contributed by atoms with Crippen LogP contribution in [0.4, 0.5) is 11.6 Å². The number of nitrogens with one attached hydrogen (secondary N) is 2. The van der Waals surface area contributed by atoms with Crippen LogP contribution in [0.1, 0.15) is 48.9 Å². The first kappa shape index (κ1) is 23.5. The molecule has 0 bridgehead atoms. The molecule has 0 spiro atoms. The van der Waals surface area contributed by atoms with Crippen molar-refractivity contribution < 1.29 is 14.6 Å². The van der Waals surface area contributed by atoms with Crippen molar-refractivity contribution in [3.8, 4) is 0 Å². The maximum atomic E-state index is 11.9. The lowest BCUT2D eigenvalue weighted by atomic mass is 9.79. The van der Waals surface area contributed by atoms with E-state index in [0.717, 1.165) is 66.6 Å². The molecule has 0 radical (unpaired) electrons. The van der Waals surface area contributed by atoms with Gasteiger partial charge in [-0.25, -0.2) is 19.7 Å². The summed E-state index contributed by atoms with van der Waals surface area (Å²) in [4.78, 5) is 25.2. The summed E-state index contributed by atoms with van der Waals surface area (Å²) >= 11 is 0. The van der Waals surface area contributed by atoms with Crippen LogP contribution in [0.2, 0.25) is 0 Å². The summed E-state index contributed by atoms with van der Waals surface area (Å²) in [5, 5.41) is 17.0. The van der Waals surface area contributed by atoms with Crippen LogP contribution in [-0.2, 0) is 22.4 Å². The first-order valence-electron chi connectivity index (χ1n) is 12.6. The number of fused-ring (bicyclic) bond motifs is 2. The van der Waals surface area contributed by atoms with Gasteiger partial charge in [0.15, 0.2) is 0 Å². The first-order chi connectivity index (χ1) is 17.0. The van der Waals surface area contributed by atoms with Gasteiger partial charge >= 0.3 is 5.97 Å². The fraction of sp³-hybridized carbons (Fsp3) is 0.481. The third kappa shape index (κ3) is 5.70. The Balaban J connectivity index is 1.06. The van der Waals surface area contributed by atoms with Crippen molar-refractivity contribution in [2.45, 2.75) is 64.0 Å². The number of carboxylic acid groups (broad SMARTS) is 1. The van der Waals surface area contributed by atoms with E-state index in [1.54, 1.807) is 0 Å². The molecule has 1 aliphatic heterocycles. The molecule has 0 saturated heterocycles. The maximum absolute atomic E-state index is 11.9. The zero-order chi connectivity index (χ0) is 24.2. The molecule has 3 aromatic rings. The van der Waals surface area contributed by atoms with Crippen LogP contribution >= 0.6 is 0 Å². The number of hydrogen-bond donors (Lipinski definition) is 3. The minimum Gasteiger partial charge on any atom is -0.480 e. The highest BCUT2D eigenvalue weighted by atomic mass is 16.5. The van der Waals surface area contributed by atoms with Gasteiger partial charge in [0, 0.05) is 30.7 Å². The highest BCUT2D eigenvalue weighted by Crippen LogP contribution is 2.34. The second-order valence-electron chi connectivity index (χ2n) is 9.78. The fourth-order valence-electron chi connectivity index (χ4n) is 4.97. The highest BCUT2D eigenvalue weighted by molar-refractivity contribution is 5.91. The third-order valence-electron chi connectivity index (χ3n) is 7.11. The van der Waals surface area contributed by atoms with Crippen LogP contribution in [0, 0.1) is 12.8 Å². The minimum atomic E-state index is -0.911. The van der Waals surface area contributed by atoms with E-state index in [1.807, 2.05) is 25.1 Å². The summed E-state index contributed by atoms with van der Waals surface area (Å²) < 4.78 is 6.00. The molecular formula is C27H33N5O3. The topological polar surface area (TPSA) is 109 Å². The molecule has 2 aliphatic rings. The van der Waals surface area contributed by atoms with Gasteiger partial charge in [-0.1, -0.05) is 17.7 Å². The summed E-state index contributed by atoms with van der Waals surface area (Å²) in [7, 11) is 0. The van der Waals surface area contributed by atoms with Crippen LogP contribution < -0.4 is 10.6 Å². The van der Waals surface area contributed by atoms with Crippen LogP contribution in [0.5, 0.6) is 0 Å². The predicted octanol–water partition coefficient (Wildman–Crippen LogP) is 4.37. The van der Waals surface area contributed by atoms with Crippen LogP contribution in [-0.4, -0.2) is 51.3 Å². The number of aliphatic carboxylic acids is 1. The van der Waals surface area contributed by atoms with Gasteiger partial charge in [0.2, 0.25) is 0 Å². The van der Waals surface area contributed by atoms with E-state index in [2.05, 4.69) is 32.7 Å². The van der Waals surface area contributed by atoms with Crippen molar-refractivity contribution in [2.75, 3.05) is 23.8 Å². The Morgan fingerprint density at radius 3 is 3.00 bits per heavy atom. The number of ether oxygens (including phenoxy) is 1. The van der Waals surface area contributed by atoms with Gasteiger partial charge < -0.3 is 20.5 Å². The average Bonchev–Trinajstić information content (AvgIpc) is 2.84. The molecule has 2 aromatic heterocycles. The molecule has 5 rings (SSSR count). The lowest BCUT2D eigenvalue weighted by Gasteiger charge is -2.35. The zero-order valence-electron chi connectivity index (χ0n) is 20.2. The fourth-order valence-corrected chi connectivity index (χ4v) is 4.97. The number of anilines is 2. The molecule has 1 saturated carbocycles. The van der Waals surface area contributed by atoms with Crippen molar-refractivity contribution in [1.82, 2.24) is 15.0 Å². The second-order valence-corrected chi connectivity index (χ2v) is 9.78. The number of hydrogen-bond acceptors (Lipinski definition) is 7. The van der Waals surface area contributed by atoms with E-state index in [0.29, 0.717) is 24.8 Å². The van der Waals surface area contributed by atoms with E-state index in [-0.39, 0.29) is 6.10 Å². The minimum absolute atomic E-state index is 0.218. The number of nitrogens with zero attached hydrogens (tertiary/aromatic N) is 3. The summed E-state index contributed by atoms with van der Waals surface area (Å²) in [6, 6.07) is 9.48. The van der Waals surface area contributed by atoms with E-state index in [4.69, 9.17) is 9.72 Å². The predicted molar refractivity (Wildman–Crippen MR) is 136 cm³/mol. The van der Waals surface area contributed by atoms with Gasteiger partial charge in [-0.2, -0.15) is 0 Å². The molecule has 8 heteroatoms. The quantitative estimate of drug-likeness (QED) is 0.396. The Kier molecular flexibility index (Phi) is 7.08. The SMILES string of the molecule is Cc1ccc2ncnc(NC(CCO[C@H]3C[C@H](CCc4ccc5c(n4)NCCC5)C3)C(=O)O)c2c1. The molecule has 1 unspecified atom stereocenters. The monoisotopic (exact) mass is 475 g/mol. The summed E-state index contributed by atoms with van der Waals surface area (Å²) in [5.41, 5.74) is 4.35. The van der Waals surface area contributed by atoms with Gasteiger partial charge in [0.25, 0.3) is 0 Å². The third-order valence-corrected chi connectivity index (χ3v) is 7.11. The lowest BCUT2D eigenvalue weighted by molar-refractivity contribution is -0.138. The van der Waals surface area contributed by atoms with Crippen LogP contribution in [0.3, 0.4) is 0 Å². The average molecular weight is 476 g/mol. The summed E-state index contributed by atoms with van der Waals surface area (Å²) in [5.74, 6) is 1.34. The number of pyridine rings is 1. The Labute approximate surface area is 205 Å². The number of benzene rings is 1. The van der Waals surface area contributed by atoms with Crippen molar-refractivity contribution in [2.24, 2.45) is 5.92 Å². The lowest BCUT2D eigenvalue weighted by Crippen LogP contribution is -2.35. The Morgan fingerprint density at radius 2 is 2.14 bits per heavy atom. The van der Waals surface area contributed by atoms with E-state index < -0.39 is 12.0 Å². The van der Waals surface area contributed by atoms with Crippen LogP contribution in [0.25, 0.3) is 10.9 Å². The van der Waals surface area contributed by atoms with E-state index in [1.165, 1.54) is 18.3 Å². The molecule has 1 aromatic carbocycles. The number of carboxylic acids is 1. The van der Waals surface area contributed by atoms with E-state index >= 15 is 0 Å². The van der Waals surface area contributed by atoms with Gasteiger partial charge in [-0.05, 0) is 75.1 Å². The van der Waals surface area contributed by atoms with Crippen LogP contribution in [0.15, 0.2) is 36.7 Å². The van der Waals surface area contributed by atoms with Crippen molar-refractivity contribution in [1.29, 1.82) is 0 Å². The molecule has 184 valence electrons. The summed E-state index contributed by atoms with van der Waals surface area (Å²) in [6.45, 7) is 3.41. The normalized spacial score (nSPS) is 19.9. The van der Waals surface area contributed by atoms with E-state index in [9.17, 15) is 9.90 Å². The molecule has 1 atom stereocenters. The zero-order valence-corrected chi connectivity index (χ0v) is 20.2. The van der Waals surface area contributed by atoms with Gasteiger partial charge in [-0.3, -0.25) is 0 Å². The maximum Gasteiger partial charge on any atom is 0.326 e. The molecule has 1 fully saturated rings. The Hall–Kier alpha value is -3.26. The summed E-state index contributed by atoms with van der Waals surface area (Å²) in [6.07, 6.45) is 8.52. The molecule has 8 nitrogen and oxygen atoms in total. The van der Waals surface area contributed by atoms with Crippen molar-refractivity contribution >= 4 is 28.5 Å². The molecular weight excluding hydrogens is 442 g/mol. The first-order valence-corrected chi connectivity index (χ1v) is 12.6. The second kappa shape index (κ2) is 10.6. The highest BCUT2D eigenvalue weighted by Gasteiger charge is 2.30. The number of aromatic nitrogens is 3. The van der Waals surface area contributed by atoms with Gasteiger partial charge in [-0.15, -0.1) is 0 Å². The van der Waals surface area contributed by atoms with Gasteiger partial charge in [0.1, 0.15) is 24.0 Å². The number of carbonyl (C=O) groups is 1. The molecule has 35 heavy (non-hydrogen) atoms. The molecule has 3 heterocycles. The number of rotatable bonds is 10. The van der Waals surface area contributed by atoms with Crippen molar-refractivity contribution in [3.05, 3.63) is 53.5 Å². The Morgan fingerprint density at radius 1 is 1.26 bits per heavy atom. The standard InChI is InChI=1S/C27H33N5O3/c1-17-4-9-23-22(13-17)26(30-16-29-23)32-24(27(33)34)10-12-35-21-14-18(15-21)5-7-20-8-6-19-3-2-11-28-25(19)31-20/h4,6,8-9,13,16,18,21,24H,2-3,5,7,10-12,14-15H2,1H3,(H,28,31)(H,33,34)(H,29,30,32)/t18-,21-,24?.